The van der Waals surface area contributed by atoms with Crippen LogP contribution in [0.2, 0.25) is 0 Å². The van der Waals surface area contributed by atoms with Crippen molar-refractivity contribution in [2.24, 2.45) is 0 Å². The minimum Gasteiger partial charge on any atom is -0.378 e. The molecule has 3 aromatic heterocycles. The van der Waals surface area contributed by atoms with E-state index in [0.29, 0.717) is 37.9 Å². The summed E-state index contributed by atoms with van der Waals surface area (Å²) < 4.78 is 9.80. The van der Waals surface area contributed by atoms with Crippen molar-refractivity contribution in [1.29, 1.82) is 0 Å². The molecule has 0 unspecified atom stereocenters. The number of carbonyl (C=O) groups excluding carboxylic acids is 1. The molecule has 2 aliphatic heterocycles. The standard InChI is InChI=1S/C28H28N6O2/c35-28(32-14-16-36-17-15-32)20-5-3-19(4-6-20)24-18-21(9-11-29-24)27-26(30-25-2-1-12-33(25)27)23-10-13-34(31-23)22-7-8-22/h3-6,9-11,13,18,22H,1-2,7-8,12,14-17H2. The molecule has 1 aliphatic carbocycles. The lowest BCUT2D eigenvalue weighted by atomic mass is 10.0. The molecule has 1 saturated heterocycles. The minimum absolute atomic E-state index is 0.0525. The molecule has 1 saturated carbocycles. The number of hydrogen-bond acceptors (Lipinski definition) is 5. The molecule has 4 aromatic rings. The molecule has 0 spiro atoms. The van der Waals surface area contributed by atoms with E-state index in [1.807, 2.05) is 35.4 Å². The largest absolute Gasteiger partial charge is 0.378 e. The third-order valence-corrected chi connectivity index (χ3v) is 7.36. The molecule has 1 aromatic carbocycles. The molecule has 0 N–H and O–H groups in total. The number of morpholine rings is 1. The second kappa shape index (κ2) is 8.71. The summed E-state index contributed by atoms with van der Waals surface area (Å²) in [7, 11) is 0. The molecule has 0 radical (unpaired) electrons. The molecule has 2 fully saturated rings. The molecule has 0 bridgehead atoms. The molecule has 0 atom stereocenters. The van der Waals surface area contributed by atoms with Crippen molar-refractivity contribution >= 4 is 5.91 Å². The van der Waals surface area contributed by atoms with Gasteiger partial charge in [-0.3, -0.25) is 14.5 Å². The number of carbonyl (C=O) groups is 1. The Labute approximate surface area is 209 Å². The Balaban J connectivity index is 1.21. The number of aryl methyl sites for hydroxylation is 1. The zero-order valence-electron chi connectivity index (χ0n) is 20.1. The van der Waals surface area contributed by atoms with Gasteiger partial charge in [-0.15, -0.1) is 0 Å². The summed E-state index contributed by atoms with van der Waals surface area (Å²) in [5.74, 6) is 1.18. The van der Waals surface area contributed by atoms with Crippen LogP contribution in [0.3, 0.4) is 0 Å². The van der Waals surface area contributed by atoms with Crippen LogP contribution in [-0.2, 0) is 17.7 Å². The van der Waals surface area contributed by atoms with E-state index in [0.717, 1.165) is 59.1 Å². The first-order valence-electron chi connectivity index (χ1n) is 12.8. The lowest BCUT2D eigenvalue weighted by molar-refractivity contribution is 0.0303. The van der Waals surface area contributed by atoms with Crippen LogP contribution < -0.4 is 0 Å². The Morgan fingerprint density at radius 3 is 2.58 bits per heavy atom. The molecule has 8 nitrogen and oxygen atoms in total. The Hall–Kier alpha value is -3.78. The van der Waals surface area contributed by atoms with Crippen molar-refractivity contribution in [3.63, 3.8) is 0 Å². The number of amides is 1. The van der Waals surface area contributed by atoms with Gasteiger partial charge in [0.05, 0.1) is 30.6 Å². The van der Waals surface area contributed by atoms with E-state index in [4.69, 9.17) is 14.8 Å². The van der Waals surface area contributed by atoms with Crippen LogP contribution in [-0.4, -0.2) is 61.4 Å². The number of aromatic nitrogens is 5. The number of ether oxygens (including phenoxy) is 1. The van der Waals surface area contributed by atoms with E-state index in [1.165, 1.54) is 12.8 Å². The van der Waals surface area contributed by atoms with Crippen molar-refractivity contribution in [2.45, 2.75) is 38.3 Å². The van der Waals surface area contributed by atoms with Gasteiger partial charge >= 0.3 is 0 Å². The average Bonchev–Trinajstić information content (AvgIpc) is 3.32. The monoisotopic (exact) mass is 480 g/mol. The van der Waals surface area contributed by atoms with Crippen LogP contribution in [0, 0.1) is 0 Å². The summed E-state index contributed by atoms with van der Waals surface area (Å²) in [6.07, 6.45) is 8.46. The van der Waals surface area contributed by atoms with Crippen LogP contribution in [0.4, 0.5) is 0 Å². The molecular weight excluding hydrogens is 452 g/mol. The average molecular weight is 481 g/mol. The SMILES string of the molecule is O=C(c1ccc(-c2cc(-c3c(-c4ccn(C5CC5)n4)nc4n3CCC4)ccn2)cc1)N1CCOCC1. The maximum atomic E-state index is 12.8. The summed E-state index contributed by atoms with van der Waals surface area (Å²) in [6, 6.07) is 14.6. The van der Waals surface area contributed by atoms with Crippen LogP contribution in [0.15, 0.2) is 54.9 Å². The normalized spacial score (nSPS) is 17.4. The van der Waals surface area contributed by atoms with Crippen molar-refractivity contribution in [2.75, 3.05) is 26.3 Å². The first kappa shape index (κ1) is 21.5. The summed E-state index contributed by atoms with van der Waals surface area (Å²) in [4.78, 5) is 24.4. The van der Waals surface area contributed by atoms with Crippen LogP contribution >= 0.6 is 0 Å². The maximum Gasteiger partial charge on any atom is 0.254 e. The van der Waals surface area contributed by atoms with E-state index in [1.54, 1.807) is 0 Å². The van der Waals surface area contributed by atoms with E-state index < -0.39 is 0 Å². The van der Waals surface area contributed by atoms with Crippen LogP contribution in [0.1, 0.15) is 41.5 Å². The highest BCUT2D eigenvalue weighted by atomic mass is 16.5. The highest BCUT2D eigenvalue weighted by Gasteiger charge is 2.28. The van der Waals surface area contributed by atoms with Gasteiger partial charge in [-0.05, 0) is 49.6 Å². The number of benzene rings is 1. The van der Waals surface area contributed by atoms with Crippen molar-refractivity contribution in [3.8, 4) is 33.9 Å². The van der Waals surface area contributed by atoms with Crippen molar-refractivity contribution in [3.05, 3.63) is 66.2 Å². The van der Waals surface area contributed by atoms with Crippen molar-refractivity contribution in [1.82, 2.24) is 29.2 Å². The number of rotatable bonds is 5. The predicted molar refractivity (Wildman–Crippen MR) is 135 cm³/mol. The van der Waals surface area contributed by atoms with Gasteiger partial charge in [-0.2, -0.15) is 5.10 Å². The Morgan fingerprint density at radius 1 is 0.944 bits per heavy atom. The van der Waals surface area contributed by atoms with Gasteiger partial charge in [-0.1, -0.05) is 12.1 Å². The highest BCUT2D eigenvalue weighted by Crippen LogP contribution is 2.38. The lowest BCUT2D eigenvalue weighted by Crippen LogP contribution is -2.40. The molecule has 36 heavy (non-hydrogen) atoms. The lowest BCUT2D eigenvalue weighted by Gasteiger charge is -2.26. The topological polar surface area (TPSA) is 78.1 Å². The van der Waals surface area contributed by atoms with Gasteiger partial charge in [0.25, 0.3) is 5.91 Å². The molecular formula is C28H28N6O2. The predicted octanol–water partition coefficient (Wildman–Crippen LogP) is 4.23. The Bertz CT molecular complexity index is 1430. The summed E-state index contributed by atoms with van der Waals surface area (Å²) in [5.41, 5.74) is 6.64. The highest BCUT2D eigenvalue weighted by molar-refractivity contribution is 5.94. The van der Waals surface area contributed by atoms with Gasteiger partial charge in [0.1, 0.15) is 17.2 Å². The zero-order valence-corrected chi connectivity index (χ0v) is 20.1. The maximum absolute atomic E-state index is 12.8. The van der Waals surface area contributed by atoms with E-state index in [-0.39, 0.29) is 5.91 Å². The number of imidazole rings is 1. The van der Waals surface area contributed by atoms with E-state index in [2.05, 4.69) is 38.6 Å². The van der Waals surface area contributed by atoms with Crippen LogP contribution in [0.25, 0.3) is 33.9 Å². The number of hydrogen-bond donors (Lipinski definition) is 0. The number of pyridine rings is 1. The number of nitrogens with zero attached hydrogens (tertiary/aromatic N) is 6. The van der Waals surface area contributed by atoms with Gasteiger partial charge < -0.3 is 14.2 Å². The molecule has 182 valence electrons. The third-order valence-electron chi connectivity index (χ3n) is 7.36. The van der Waals surface area contributed by atoms with Gasteiger partial charge in [-0.25, -0.2) is 4.98 Å². The fourth-order valence-corrected chi connectivity index (χ4v) is 5.27. The fourth-order valence-electron chi connectivity index (χ4n) is 5.27. The van der Waals surface area contributed by atoms with Gasteiger partial charge in [0.2, 0.25) is 0 Å². The summed E-state index contributed by atoms with van der Waals surface area (Å²) in [6.45, 7) is 3.45. The van der Waals surface area contributed by atoms with E-state index >= 15 is 0 Å². The number of fused-ring (bicyclic) bond motifs is 1. The smallest absolute Gasteiger partial charge is 0.254 e. The molecule has 3 aliphatic rings. The summed E-state index contributed by atoms with van der Waals surface area (Å²) >= 11 is 0. The fraction of sp³-hybridized carbons (Fsp3) is 0.357. The van der Waals surface area contributed by atoms with Gasteiger partial charge in [0.15, 0.2) is 0 Å². The van der Waals surface area contributed by atoms with Gasteiger partial charge in [0, 0.05) is 55.1 Å². The Kier molecular flexibility index (Phi) is 5.20. The first-order chi connectivity index (χ1) is 17.7. The molecule has 1 amide bonds. The molecule has 8 heteroatoms. The Morgan fingerprint density at radius 2 is 1.78 bits per heavy atom. The van der Waals surface area contributed by atoms with Crippen LogP contribution in [0.5, 0.6) is 0 Å². The van der Waals surface area contributed by atoms with Crippen molar-refractivity contribution < 1.29 is 9.53 Å². The third kappa shape index (κ3) is 3.82. The second-order valence-electron chi connectivity index (χ2n) is 9.80. The first-order valence-corrected chi connectivity index (χ1v) is 12.8. The minimum atomic E-state index is 0.0525. The molecule has 7 rings (SSSR count). The zero-order chi connectivity index (χ0) is 24.1. The second-order valence-corrected chi connectivity index (χ2v) is 9.80. The van der Waals surface area contributed by atoms with E-state index in [9.17, 15) is 4.79 Å². The molecule has 5 heterocycles. The quantitative estimate of drug-likeness (QED) is 0.427. The summed E-state index contributed by atoms with van der Waals surface area (Å²) in [5, 5.41) is 4.87.